The number of sulfonamides is 1. The first-order chi connectivity index (χ1) is 8.63. The molecule has 0 bridgehead atoms. The molecule has 0 spiro atoms. The smallest absolute Gasteiger partial charge is 0.241 e. The second-order valence-corrected chi connectivity index (χ2v) is 8.99. The summed E-state index contributed by atoms with van der Waals surface area (Å²) in [5.41, 5.74) is 0.00773. The summed E-state index contributed by atoms with van der Waals surface area (Å²) in [6, 6.07) is 1.74. The van der Waals surface area contributed by atoms with Crippen LogP contribution in [0.5, 0.6) is 0 Å². The second-order valence-electron chi connectivity index (χ2n) is 6.28. The molecular formula is C13H22N2O2S2. The molecule has 1 aliphatic rings. The summed E-state index contributed by atoms with van der Waals surface area (Å²) >= 11 is 1.47. The first-order valence-electron chi connectivity index (χ1n) is 6.37. The van der Waals surface area contributed by atoms with Gasteiger partial charge in [-0.2, -0.15) is 0 Å². The minimum atomic E-state index is -3.40. The standard InChI is InChI=1S/C13H22N2O2S2/c1-12(2)11(13(12,3)4)15-19(16,17)10-6-9(7-14-5)18-8-10/h6,8,11,14-15H,7H2,1-5H3. The molecular weight excluding hydrogens is 280 g/mol. The van der Waals surface area contributed by atoms with E-state index in [-0.39, 0.29) is 16.9 Å². The first kappa shape index (κ1) is 15.0. The van der Waals surface area contributed by atoms with Gasteiger partial charge in [-0.25, -0.2) is 13.1 Å². The summed E-state index contributed by atoms with van der Waals surface area (Å²) in [6.07, 6.45) is 0. The SMILES string of the molecule is CNCc1cc(S(=O)(=O)NC2C(C)(C)C2(C)C)cs1. The third kappa shape index (κ3) is 2.46. The van der Waals surface area contributed by atoms with Gasteiger partial charge >= 0.3 is 0 Å². The van der Waals surface area contributed by atoms with Gasteiger partial charge in [0.25, 0.3) is 0 Å². The number of hydrogen-bond donors (Lipinski definition) is 2. The number of rotatable bonds is 5. The maximum absolute atomic E-state index is 12.4. The zero-order chi connectivity index (χ0) is 14.5. The Morgan fingerprint density at radius 3 is 2.32 bits per heavy atom. The maximum Gasteiger partial charge on any atom is 0.241 e. The van der Waals surface area contributed by atoms with Crippen LogP contribution in [0.3, 0.4) is 0 Å². The van der Waals surface area contributed by atoms with E-state index in [1.165, 1.54) is 11.3 Å². The van der Waals surface area contributed by atoms with Gasteiger partial charge in [0.1, 0.15) is 0 Å². The van der Waals surface area contributed by atoms with Crippen LogP contribution in [0.1, 0.15) is 32.6 Å². The van der Waals surface area contributed by atoms with Crippen molar-refractivity contribution in [3.05, 3.63) is 16.3 Å². The fraction of sp³-hybridized carbons (Fsp3) is 0.692. The molecule has 0 aromatic carbocycles. The van der Waals surface area contributed by atoms with Crippen molar-refractivity contribution in [2.24, 2.45) is 10.8 Å². The topological polar surface area (TPSA) is 58.2 Å². The van der Waals surface area contributed by atoms with Crippen molar-refractivity contribution in [3.8, 4) is 0 Å². The van der Waals surface area contributed by atoms with Crippen LogP contribution in [0.15, 0.2) is 16.3 Å². The van der Waals surface area contributed by atoms with Crippen molar-refractivity contribution in [1.29, 1.82) is 0 Å². The Kier molecular flexibility index (Phi) is 3.58. The highest BCUT2D eigenvalue weighted by Crippen LogP contribution is 2.62. The summed E-state index contributed by atoms with van der Waals surface area (Å²) in [5, 5.41) is 4.73. The minimum Gasteiger partial charge on any atom is -0.315 e. The van der Waals surface area contributed by atoms with Crippen LogP contribution in [0.4, 0.5) is 0 Å². The van der Waals surface area contributed by atoms with Crippen LogP contribution in [0.2, 0.25) is 0 Å². The van der Waals surface area contributed by atoms with Crippen molar-refractivity contribution >= 4 is 21.4 Å². The summed E-state index contributed by atoms with van der Waals surface area (Å²) in [5.74, 6) is 0. The summed E-state index contributed by atoms with van der Waals surface area (Å²) < 4.78 is 27.5. The Morgan fingerprint density at radius 2 is 1.84 bits per heavy atom. The third-order valence-electron chi connectivity index (χ3n) is 4.58. The Labute approximate surface area is 119 Å². The molecule has 2 rings (SSSR count). The van der Waals surface area contributed by atoms with Gasteiger partial charge in [0.15, 0.2) is 0 Å². The maximum atomic E-state index is 12.4. The molecule has 0 saturated heterocycles. The van der Waals surface area contributed by atoms with Gasteiger partial charge < -0.3 is 5.32 Å². The highest BCUT2D eigenvalue weighted by atomic mass is 32.2. The second kappa shape index (κ2) is 4.55. The van der Waals surface area contributed by atoms with Crippen LogP contribution in [0.25, 0.3) is 0 Å². The van der Waals surface area contributed by atoms with Gasteiger partial charge in [0.05, 0.1) is 4.90 Å². The molecule has 1 aromatic rings. The molecule has 1 aliphatic carbocycles. The molecule has 0 radical (unpaired) electrons. The van der Waals surface area contributed by atoms with Crippen LogP contribution in [-0.2, 0) is 16.6 Å². The van der Waals surface area contributed by atoms with E-state index >= 15 is 0 Å². The molecule has 108 valence electrons. The quantitative estimate of drug-likeness (QED) is 0.876. The van der Waals surface area contributed by atoms with E-state index in [1.807, 2.05) is 7.05 Å². The molecule has 0 atom stereocenters. The lowest BCUT2D eigenvalue weighted by molar-refractivity contribution is 0.457. The lowest BCUT2D eigenvalue weighted by Gasteiger charge is -2.06. The first-order valence-corrected chi connectivity index (χ1v) is 8.73. The average molecular weight is 302 g/mol. The number of hydrogen-bond acceptors (Lipinski definition) is 4. The molecule has 1 aromatic heterocycles. The molecule has 0 amide bonds. The predicted octanol–water partition coefficient (Wildman–Crippen LogP) is 2.18. The van der Waals surface area contributed by atoms with Crippen molar-refractivity contribution < 1.29 is 8.42 Å². The van der Waals surface area contributed by atoms with Gasteiger partial charge in [0, 0.05) is 22.8 Å². The fourth-order valence-corrected chi connectivity index (χ4v) is 5.30. The van der Waals surface area contributed by atoms with Crippen LogP contribution < -0.4 is 10.0 Å². The molecule has 0 unspecified atom stereocenters. The molecule has 19 heavy (non-hydrogen) atoms. The van der Waals surface area contributed by atoms with Gasteiger partial charge in [-0.3, -0.25) is 0 Å². The Bertz CT molecular complexity index is 559. The summed E-state index contributed by atoms with van der Waals surface area (Å²) in [7, 11) is -1.56. The minimum absolute atomic E-state index is 0.00218. The van der Waals surface area contributed by atoms with E-state index in [0.717, 1.165) is 4.88 Å². The van der Waals surface area contributed by atoms with E-state index in [1.54, 1.807) is 11.4 Å². The van der Waals surface area contributed by atoms with Gasteiger partial charge in [-0.05, 0) is 23.9 Å². The third-order valence-corrected chi connectivity index (χ3v) is 7.07. The Morgan fingerprint density at radius 1 is 1.26 bits per heavy atom. The molecule has 1 fully saturated rings. The molecule has 6 heteroatoms. The zero-order valence-electron chi connectivity index (χ0n) is 12.1. The largest absolute Gasteiger partial charge is 0.315 e. The lowest BCUT2D eigenvalue weighted by Crippen LogP contribution is -2.29. The van der Waals surface area contributed by atoms with Gasteiger partial charge in [-0.1, -0.05) is 27.7 Å². The van der Waals surface area contributed by atoms with E-state index < -0.39 is 10.0 Å². The lowest BCUT2D eigenvalue weighted by atomic mass is 10.0. The van der Waals surface area contributed by atoms with E-state index in [0.29, 0.717) is 11.4 Å². The molecule has 1 heterocycles. The Balaban J connectivity index is 2.15. The zero-order valence-corrected chi connectivity index (χ0v) is 13.7. The van der Waals surface area contributed by atoms with E-state index in [2.05, 4.69) is 37.7 Å². The normalized spacial score (nSPS) is 21.5. The average Bonchev–Trinajstić information content (AvgIpc) is 2.71. The Hall–Kier alpha value is -0.430. The number of thiophene rings is 1. The monoisotopic (exact) mass is 302 g/mol. The van der Waals surface area contributed by atoms with Crippen molar-refractivity contribution in [2.75, 3.05) is 7.05 Å². The molecule has 2 N–H and O–H groups in total. The van der Waals surface area contributed by atoms with Crippen molar-refractivity contribution in [1.82, 2.24) is 10.0 Å². The molecule has 4 nitrogen and oxygen atoms in total. The summed E-state index contributed by atoms with van der Waals surface area (Å²) in [4.78, 5) is 1.40. The van der Waals surface area contributed by atoms with Crippen molar-refractivity contribution in [3.63, 3.8) is 0 Å². The molecule has 1 saturated carbocycles. The molecule has 0 aliphatic heterocycles. The van der Waals surface area contributed by atoms with Crippen LogP contribution >= 0.6 is 11.3 Å². The summed E-state index contributed by atoms with van der Waals surface area (Å²) in [6.45, 7) is 9.08. The highest BCUT2D eigenvalue weighted by molar-refractivity contribution is 7.89. The van der Waals surface area contributed by atoms with Crippen LogP contribution in [-0.4, -0.2) is 21.5 Å². The van der Waals surface area contributed by atoms with Gasteiger partial charge in [-0.15, -0.1) is 11.3 Å². The highest BCUT2D eigenvalue weighted by Gasteiger charge is 2.66. The predicted molar refractivity (Wildman–Crippen MR) is 78.8 cm³/mol. The van der Waals surface area contributed by atoms with E-state index in [4.69, 9.17) is 0 Å². The fourth-order valence-electron chi connectivity index (χ4n) is 2.48. The van der Waals surface area contributed by atoms with E-state index in [9.17, 15) is 8.42 Å². The number of nitrogens with one attached hydrogen (secondary N) is 2. The van der Waals surface area contributed by atoms with Crippen molar-refractivity contribution in [2.45, 2.75) is 45.2 Å². The van der Waals surface area contributed by atoms with Gasteiger partial charge in [0.2, 0.25) is 10.0 Å². The van der Waals surface area contributed by atoms with Crippen LogP contribution in [0, 0.1) is 10.8 Å².